The molecule has 0 spiro atoms. The van der Waals surface area contributed by atoms with Crippen molar-refractivity contribution in [3.8, 4) is 0 Å². The summed E-state index contributed by atoms with van der Waals surface area (Å²) in [5.41, 5.74) is -0.912. The summed E-state index contributed by atoms with van der Waals surface area (Å²) in [4.78, 5) is -0.247. The topological polar surface area (TPSA) is 88.1 Å². The maximum atomic E-state index is 14.2. The average molecular weight is 584 g/mol. The molecule has 5 rings (SSSR count). The maximum Gasteiger partial charge on any atom is 0.419 e. The minimum atomic E-state index is -4.97. The quantitative estimate of drug-likeness (QED) is 0.299. The molecular formula is C24H17F4N3O4S3. The van der Waals surface area contributed by atoms with Crippen molar-refractivity contribution in [2.45, 2.75) is 24.5 Å². The summed E-state index contributed by atoms with van der Waals surface area (Å²) >= 11 is -0.841. The molecule has 0 bridgehead atoms. The van der Waals surface area contributed by atoms with Gasteiger partial charge in [-0.2, -0.15) is 17.4 Å². The highest BCUT2D eigenvalue weighted by atomic mass is 32.2. The number of aryl methyl sites for hydroxylation is 1. The van der Waals surface area contributed by atoms with Crippen molar-refractivity contribution in [1.82, 2.24) is 4.72 Å². The van der Waals surface area contributed by atoms with Gasteiger partial charge in [0.15, 0.2) is 5.84 Å². The van der Waals surface area contributed by atoms with E-state index >= 15 is 0 Å². The van der Waals surface area contributed by atoms with Crippen molar-refractivity contribution in [2.75, 3.05) is 4.31 Å². The molecular weight excluding hydrogens is 566 g/mol. The van der Waals surface area contributed by atoms with E-state index < -0.39 is 45.4 Å². The number of anilines is 1. The van der Waals surface area contributed by atoms with Crippen LogP contribution < -0.4 is 9.03 Å². The number of nitrogens with zero attached hydrogens (tertiary/aromatic N) is 2. The summed E-state index contributed by atoms with van der Waals surface area (Å²) < 4.78 is 103. The summed E-state index contributed by atoms with van der Waals surface area (Å²) in [6.45, 7) is 1.20. The number of thiophene rings is 1. The second-order valence-corrected chi connectivity index (χ2v) is 11.9. The molecule has 1 aliphatic heterocycles. The molecule has 4 aromatic rings. The van der Waals surface area contributed by atoms with Crippen molar-refractivity contribution in [3.63, 3.8) is 0 Å². The van der Waals surface area contributed by atoms with Gasteiger partial charge < -0.3 is 0 Å². The lowest BCUT2D eigenvalue weighted by molar-refractivity contribution is -0.140. The van der Waals surface area contributed by atoms with Crippen LogP contribution in [0.5, 0.6) is 0 Å². The minimum Gasteiger partial charge on any atom is -0.269 e. The van der Waals surface area contributed by atoms with E-state index in [-0.39, 0.29) is 26.9 Å². The molecule has 1 atom stereocenters. The van der Waals surface area contributed by atoms with Crippen LogP contribution >= 0.6 is 11.3 Å². The molecule has 7 nitrogen and oxygen atoms in total. The number of hydrogen-bond acceptors (Lipinski definition) is 6. The van der Waals surface area contributed by atoms with Gasteiger partial charge in [0, 0.05) is 10.3 Å². The van der Waals surface area contributed by atoms with E-state index in [0.717, 1.165) is 31.8 Å². The smallest absolute Gasteiger partial charge is 0.269 e. The summed E-state index contributed by atoms with van der Waals surface area (Å²) in [6.07, 6.45) is -4.97. The Balaban J connectivity index is 1.69. The Morgan fingerprint density at radius 1 is 1.08 bits per heavy atom. The number of oxime groups is 1. The predicted octanol–water partition coefficient (Wildman–Crippen LogP) is 5.62. The largest absolute Gasteiger partial charge is 0.419 e. The van der Waals surface area contributed by atoms with Crippen molar-refractivity contribution in [2.24, 2.45) is 5.16 Å². The van der Waals surface area contributed by atoms with Gasteiger partial charge in [-0.15, -0.1) is 11.3 Å². The molecule has 0 fully saturated rings. The fraction of sp³-hybridized carbons (Fsp3) is 0.125. The number of hydrogen-bond donors (Lipinski definition) is 1. The van der Waals surface area contributed by atoms with Gasteiger partial charge in [-0.25, -0.2) is 12.8 Å². The fourth-order valence-electron chi connectivity index (χ4n) is 4.02. The lowest BCUT2D eigenvalue weighted by Crippen LogP contribution is -2.33. The number of alkyl halides is 3. The Morgan fingerprint density at radius 2 is 1.79 bits per heavy atom. The molecule has 1 N–H and O–H groups in total. The zero-order valence-corrected chi connectivity index (χ0v) is 21.8. The second-order valence-electron chi connectivity index (χ2n) is 8.20. The first-order valence-electron chi connectivity index (χ1n) is 10.9. The van der Waals surface area contributed by atoms with Crippen LogP contribution in [-0.4, -0.2) is 18.5 Å². The Morgan fingerprint density at radius 3 is 2.47 bits per heavy atom. The summed E-state index contributed by atoms with van der Waals surface area (Å²) in [5, 5.41) is 4.69. The Kier molecular flexibility index (Phi) is 6.65. The first kappa shape index (κ1) is 26.1. The van der Waals surface area contributed by atoms with Gasteiger partial charge in [-0.1, -0.05) is 36.4 Å². The summed E-state index contributed by atoms with van der Waals surface area (Å²) in [6, 6.07) is 15.3. The normalized spacial score (nSPS) is 15.7. The average Bonchev–Trinajstić information content (AvgIpc) is 3.46. The molecule has 1 aromatic heterocycles. The van der Waals surface area contributed by atoms with Crippen LogP contribution in [-0.2, 0) is 38.3 Å². The van der Waals surface area contributed by atoms with Crippen LogP contribution in [0.4, 0.5) is 22.6 Å². The van der Waals surface area contributed by atoms with Gasteiger partial charge in [-0.05, 0) is 58.9 Å². The van der Waals surface area contributed by atoms with Crippen molar-refractivity contribution in [1.29, 1.82) is 0 Å². The third kappa shape index (κ3) is 4.74. The number of rotatable bonds is 6. The first-order valence-corrected chi connectivity index (χ1v) is 14.2. The van der Waals surface area contributed by atoms with E-state index in [9.17, 15) is 30.2 Å². The molecule has 0 amide bonds. The van der Waals surface area contributed by atoms with Gasteiger partial charge in [-0.3, -0.25) is 13.3 Å². The third-order valence-corrected chi connectivity index (χ3v) is 9.58. The van der Waals surface area contributed by atoms with E-state index in [1.165, 1.54) is 18.2 Å². The predicted molar refractivity (Wildman–Crippen MR) is 137 cm³/mol. The molecule has 14 heteroatoms. The number of nitrogens with one attached hydrogen (secondary N) is 1. The molecule has 3 aromatic carbocycles. The number of sulfonamides is 1. The standard InChI is InChI=1S/C24H17F4N3O4S3/c1-14-16-6-2-4-8-20(16)36-23(14)31(13-15-10-11-19(25)18(12-15)24(26,27)28)38(33,34)21-9-5-3-7-17(21)22-29-35-37(32)30-22/h2-12H,13H2,1H3,(H,29,30). The fourth-order valence-corrected chi connectivity index (χ4v) is 7.63. The number of amidine groups is 1. The lowest BCUT2D eigenvalue weighted by atomic mass is 10.1. The molecule has 0 saturated carbocycles. The summed E-state index contributed by atoms with van der Waals surface area (Å²) in [7, 11) is -4.47. The Hall–Kier alpha value is -3.49. The van der Waals surface area contributed by atoms with Crippen molar-refractivity contribution >= 4 is 53.5 Å². The molecule has 38 heavy (non-hydrogen) atoms. The highest BCUT2D eigenvalue weighted by Gasteiger charge is 2.36. The molecule has 198 valence electrons. The summed E-state index contributed by atoms with van der Waals surface area (Å²) in [5.74, 6) is -1.55. The minimum absolute atomic E-state index is 0.0530. The number of benzene rings is 3. The van der Waals surface area contributed by atoms with Crippen LogP contribution in [0, 0.1) is 12.7 Å². The Bertz CT molecular complexity index is 1720. The van der Waals surface area contributed by atoms with Crippen LogP contribution in [0.3, 0.4) is 0 Å². The molecule has 0 aliphatic carbocycles. The van der Waals surface area contributed by atoms with Crippen LogP contribution in [0.25, 0.3) is 10.1 Å². The van der Waals surface area contributed by atoms with Gasteiger partial charge in [0.1, 0.15) is 10.8 Å². The SMILES string of the molecule is Cc1c(N(Cc2ccc(F)c(C(F)(F)F)c2)S(=O)(=O)c2ccccc2C2=NOS(=O)N2)sc2ccccc12. The van der Waals surface area contributed by atoms with Gasteiger partial charge in [0.25, 0.3) is 10.0 Å². The molecule has 1 unspecified atom stereocenters. The highest BCUT2D eigenvalue weighted by molar-refractivity contribution is 7.93. The van der Waals surface area contributed by atoms with Crippen molar-refractivity contribution in [3.05, 3.63) is 94.8 Å². The first-order chi connectivity index (χ1) is 18.0. The van der Waals surface area contributed by atoms with Crippen LogP contribution in [0.15, 0.2) is 76.8 Å². The lowest BCUT2D eigenvalue weighted by Gasteiger charge is -2.25. The second kappa shape index (κ2) is 9.67. The molecule has 1 aliphatic rings. The number of fused-ring (bicyclic) bond motifs is 1. The maximum absolute atomic E-state index is 14.2. The van der Waals surface area contributed by atoms with Gasteiger partial charge in [0.2, 0.25) is 0 Å². The molecule has 2 heterocycles. The van der Waals surface area contributed by atoms with E-state index in [1.54, 1.807) is 31.2 Å². The highest BCUT2D eigenvalue weighted by Crippen LogP contribution is 2.41. The van der Waals surface area contributed by atoms with Crippen LogP contribution in [0.1, 0.15) is 22.3 Å². The van der Waals surface area contributed by atoms with Crippen molar-refractivity contribution < 1.29 is 34.5 Å². The monoisotopic (exact) mass is 583 g/mol. The van der Waals surface area contributed by atoms with E-state index in [0.29, 0.717) is 17.7 Å². The van der Waals surface area contributed by atoms with E-state index in [1.807, 2.05) is 6.07 Å². The van der Waals surface area contributed by atoms with Gasteiger partial charge in [0.05, 0.1) is 17.0 Å². The third-order valence-electron chi connectivity index (χ3n) is 5.79. The molecule has 0 radical (unpaired) electrons. The zero-order chi connectivity index (χ0) is 27.2. The zero-order valence-electron chi connectivity index (χ0n) is 19.3. The number of halogens is 4. The van der Waals surface area contributed by atoms with E-state index in [2.05, 4.69) is 14.2 Å². The van der Waals surface area contributed by atoms with E-state index in [4.69, 9.17) is 0 Å². The molecule has 0 saturated heterocycles. The van der Waals surface area contributed by atoms with Gasteiger partial charge >= 0.3 is 17.4 Å². The Labute approximate surface area is 221 Å². The van der Waals surface area contributed by atoms with Crippen LogP contribution in [0.2, 0.25) is 0 Å².